The maximum Gasteiger partial charge on any atom is 0.307 e. The SMILES string of the molecule is COC(=O)C[C@@H]1CCCCN1CC(=O)Nc1ccccc1[N+](=O)[O-]. The number of para-hydroxylation sites is 2. The fraction of sp³-hybridized carbons (Fsp3) is 0.500. The van der Waals surface area contributed by atoms with E-state index in [4.69, 9.17) is 4.74 Å². The summed E-state index contributed by atoms with van der Waals surface area (Å²) in [6.45, 7) is 0.805. The zero-order valence-corrected chi connectivity index (χ0v) is 13.6. The second-order valence-corrected chi connectivity index (χ2v) is 5.72. The summed E-state index contributed by atoms with van der Waals surface area (Å²) in [5.74, 6) is -0.632. The molecule has 1 N–H and O–H groups in total. The number of esters is 1. The Labute approximate surface area is 139 Å². The van der Waals surface area contributed by atoms with E-state index in [9.17, 15) is 19.7 Å². The van der Waals surface area contributed by atoms with Crippen molar-refractivity contribution in [2.75, 3.05) is 25.5 Å². The summed E-state index contributed by atoms with van der Waals surface area (Å²) in [7, 11) is 1.34. The number of nitro groups is 1. The Hall–Kier alpha value is -2.48. The number of hydrogen-bond donors (Lipinski definition) is 1. The van der Waals surface area contributed by atoms with E-state index in [1.807, 2.05) is 4.90 Å². The number of benzene rings is 1. The molecule has 0 spiro atoms. The molecule has 0 aromatic heterocycles. The van der Waals surface area contributed by atoms with Gasteiger partial charge in [0.2, 0.25) is 5.91 Å². The molecule has 8 nitrogen and oxygen atoms in total. The maximum atomic E-state index is 12.3. The summed E-state index contributed by atoms with van der Waals surface area (Å²) >= 11 is 0. The molecule has 130 valence electrons. The Kier molecular flexibility index (Phi) is 6.25. The van der Waals surface area contributed by atoms with Gasteiger partial charge in [-0.05, 0) is 25.5 Å². The average molecular weight is 335 g/mol. The highest BCUT2D eigenvalue weighted by atomic mass is 16.6. The Balaban J connectivity index is 2.00. The van der Waals surface area contributed by atoms with Crippen LogP contribution in [0.2, 0.25) is 0 Å². The lowest BCUT2D eigenvalue weighted by Gasteiger charge is -2.34. The number of rotatable bonds is 6. The predicted octanol–water partition coefficient (Wildman–Crippen LogP) is 1.95. The number of methoxy groups -OCH3 is 1. The molecule has 1 aliphatic heterocycles. The van der Waals surface area contributed by atoms with Crippen molar-refractivity contribution >= 4 is 23.3 Å². The minimum Gasteiger partial charge on any atom is -0.469 e. The maximum absolute atomic E-state index is 12.3. The molecule has 1 fully saturated rings. The molecule has 0 saturated carbocycles. The number of carbonyl (C=O) groups is 2. The van der Waals surface area contributed by atoms with Crippen molar-refractivity contribution in [1.82, 2.24) is 4.90 Å². The van der Waals surface area contributed by atoms with Crippen molar-refractivity contribution in [1.29, 1.82) is 0 Å². The number of likely N-dealkylation sites (tertiary alicyclic amines) is 1. The van der Waals surface area contributed by atoms with Crippen molar-refractivity contribution in [2.24, 2.45) is 0 Å². The van der Waals surface area contributed by atoms with Crippen molar-refractivity contribution in [3.05, 3.63) is 34.4 Å². The number of hydrogen-bond acceptors (Lipinski definition) is 6. The molecule has 24 heavy (non-hydrogen) atoms. The summed E-state index contributed by atoms with van der Waals surface area (Å²) in [5.41, 5.74) is 0.0321. The molecule has 8 heteroatoms. The molecule has 1 aromatic rings. The van der Waals surface area contributed by atoms with Gasteiger partial charge in [0.15, 0.2) is 0 Å². The summed E-state index contributed by atoms with van der Waals surface area (Å²) in [5, 5.41) is 13.6. The second kappa shape index (κ2) is 8.39. The highest BCUT2D eigenvalue weighted by Gasteiger charge is 2.27. The third-order valence-corrected chi connectivity index (χ3v) is 4.10. The lowest BCUT2D eigenvalue weighted by atomic mass is 9.99. The summed E-state index contributed by atoms with van der Waals surface area (Å²) in [4.78, 5) is 36.2. The molecular weight excluding hydrogens is 314 g/mol. The number of nitrogens with zero attached hydrogens (tertiary/aromatic N) is 2. The summed E-state index contributed by atoms with van der Waals surface area (Å²) < 4.78 is 4.70. The zero-order chi connectivity index (χ0) is 17.5. The van der Waals surface area contributed by atoms with E-state index in [0.29, 0.717) is 6.54 Å². The highest BCUT2D eigenvalue weighted by molar-refractivity contribution is 5.94. The van der Waals surface area contributed by atoms with E-state index in [1.54, 1.807) is 12.1 Å². The number of ether oxygens (including phenoxy) is 1. The van der Waals surface area contributed by atoms with E-state index in [0.717, 1.165) is 19.3 Å². The van der Waals surface area contributed by atoms with Crippen LogP contribution in [0, 0.1) is 10.1 Å². The number of nitro benzene ring substituents is 1. The van der Waals surface area contributed by atoms with Crippen LogP contribution < -0.4 is 5.32 Å². The van der Waals surface area contributed by atoms with Crippen LogP contribution in [0.4, 0.5) is 11.4 Å². The van der Waals surface area contributed by atoms with Crippen LogP contribution in [0.1, 0.15) is 25.7 Å². The lowest BCUT2D eigenvalue weighted by Crippen LogP contribution is -2.45. The minimum atomic E-state index is -0.531. The van der Waals surface area contributed by atoms with E-state index in [2.05, 4.69) is 5.32 Å². The minimum absolute atomic E-state index is 0.0392. The largest absolute Gasteiger partial charge is 0.469 e. The first-order valence-electron chi connectivity index (χ1n) is 7.85. The topological polar surface area (TPSA) is 102 Å². The van der Waals surface area contributed by atoms with Crippen LogP contribution in [0.25, 0.3) is 0 Å². The van der Waals surface area contributed by atoms with Gasteiger partial charge in [0.1, 0.15) is 5.69 Å². The van der Waals surface area contributed by atoms with Gasteiger partial charge in [0.25, 0.3) is 5.69 Å². The molecule has 1 aromatic carbocycles. The summed E-state index contributed by atoms with van der Waals surface area (Å²) in [6.07, 6.45) is 3.03. The Morgan fingerprint density at radius 1 is 1.38 bits per heavy atom. The third kappa shape index (κ3) is 4.76. The van der Waals surface area contributed by atoms with Crippen LogP contribution >= 0.6 is 0 Å². The Morgan fingerprint density at radius 2 is 2.12 bits per heavy atom. The first-order valence-corrected chi connectivity index (χ1v) is 7.85. The first-order chi connectivity index (χ1) is 11.5. The van der Waals surface area contributed by atoms with Gasteiger partial charge in [-0.3, -0.25) is 24.6 Å². The van der Waals surface area contributed by atoms with Gasteiger partial charge >= 0.3 is 5.97 Å². The number of nitrogens with one attached hydrogen (secondary N) is 1. The molecule has 0 aliphatic carbocycles. The van der Waals surface area contributed by atoms with Gasteiger partial charge in [-0.15, -0.1) is 0 Å². The van der Waals surface area contributed by atoms with Crippen LogP contribution in [-0.4, -0.2) is 47.9 Å². The van der Waals surface area contributed by atoms with Crippen molar-refractivity contribution < 1.29 is 19.2 Å². The van der Waals surface area contributed by atoms with E-state index in [-0.39, 0.29) is 42.3 Å². The standard InChI is InChI=1S/C16H21N3O5/c1-24-16(21)10-12-6-4-5-9-18(12)11-15(20)17-13-7-2-3-8-14(13)19(22)23/h2-3,7-8,12H,4-6,9-11H2,1H3,(H,17,20)/t12-/m0/s1. The average Bonchev–Trinajstić information content (AvgIpc) is 2.56. The fourth-order valence-electron chi connectivity index (χ4n) is 2.89. The molecule has 1 aliphatic rings. The second-order valence-electron chi connectivity index (χ2n) is 5.72. The normalized spacial score (nSPS) is 18.0. The highest BCUT2D eigenvalue weighted by Crippen LogP contribution is 2.24. The molecule has 1 heterocycles. The van der Waals surface area contributed by atoms with Crippen molar-refractivity contribution in [3.63, 3.8) is 0 Å². The first kappa shape index (κ1) is 17.9. The third-order valence-electron chi connectivity index (χ3n) is 4.10. The van der Waals surface area contributed by atoms with Crippen LogP contribution in [-0.2, 0) is 14.3 Å². The van der Waals surface area contributed by atoms with Crippen LogP contribution in [0.5, 0.6) is 0 Å². The zero-order valence-electron chi connectivity index (χ0n) is 13.6. The van der Waals surface area contributed by atoms with E-state index >= 15 is 0 Å². The van der Waals surface area contributed by atoms with Crippen LogP contribution in [0.3, 0.4) is 0 Å². The van der Waals surface area contributed by atoms with Crippen molar-refractivity contribution in [3.8, 4) is 0 Å². The summed E-state index contributed by atoms with van der Waals surface area (Å²) in [6, 6.07) is 5.98. The fourth-order valence-corrected chi connectivity index (χ4v) is 2.89. The molecule has 1 amide bonds. The van der Waals surface area contributed by atoms with Crippen molar-refractivity contribution in [2.45, 2.75) is 31.7 Å². The van der Waals surface area contributed by atoms with Gasteiger partial charge < -0.3 is 10.1 Å². The van der Waals surface area contributed by atoms with E-state index < -0.39 is 4.92 Å². The molecular formula is C16H21N3O5. The van der Waals surface area contributed by atoms with E-state index in [1.165, 1.54) is 19.2 Å². The quantitative estimate of drug-likeness (QED) is 0.484. The number of carbonyl (C=O) groups excluding carboxylic acids is 2. The molecule has 2 rings (SSSR count). The molecule has 1 atom stereocenters. The number of amides is 1. The predicted molar refractivity (Wildman–Crippen MR) is 87.6 cm³/mol. The van der Waals surface area contributed by atoms with Gasteiger partial charge in [-0.1, -0.05) is 18.6 Å². The van der Waals surface area contributed by atoms with Gasteiger partial charge in [-0.2, -0.15) is 0 Å². The molecule has 0 radical (unpaired) electrons. The van der Waals surface area contributed by atoms with Gasteiger partial charge in [0, 0.05) is 12.1 Å². The smallest absolute Gasteiger partial charge is 0.307 e. The number of anilines is 1. The van der Waals surface area contributed by atoms with Crippen LogP contribution in [0.15, 0.2) is 24.3 Å². The molecule has 0 bridgehead atoms. The Morgan fingerprint density at radius 3 is 2.83 bits per heavy atom. The lowest BCUT2D eigenvalue weighted by molar-refractivity contribution is -0.383. The van der Waals surface area contributed by atoms with Gasteiger partial charge in [0.05, 0.1) is 25.0 Å². The molecule has 1 saturated heterocycles. The Bertz CT molecular complexity index is 619. The monoisotopic (exact) mass is 335 g/mol. The van der Waals surface area contributed by atoms with Gasteiger partial charge in [-0.25, -0.2) is 0 Å². The number of piperidine rings is 1. The molecule has 0 unspecified atom stereocenters.